The molecule has 1 amide bonds. The minimum Gasteiger partial charge on any atom is -0.338 e. The molecule has 1 aliphatic rings. The van der Waals surface area contributed by atoms with Crippen LogP contribution in [0.5, 0.6) is 0 Å². The van der Waals surface area contributed by atoms with E-state index < -0.39 is 0 Å². The monoisotopic (exact) mass is 343 g/mol. The number of carbonyl (C=O) groups is 1. The van der Waals surface area contributed by atoms with Crippen molar-refractivity contribution in [2.75, 3.05) is 13.1 Å². The number of hydrogen-bond donors (Lipinski definition) is 0. The van der Waals surface area contributed by atoms with Crippen molar-refractivity contribution in [3.05, 3.63) is 29.7 Å². The maximum absolute atomic E-state index is 13.3. The van der Waals surface area contributed by atoms with Crippen molar-refractivity contribution < 1.29 is 4.79 Å². The molecule has 1 saturated heterocycles. The second-order valence-electron chi connectivity index (χ2n) is 8.14. The number of carbonyl (C=O) groups excluding carboxylic acids is 1. The van der Waals surface area contributed by atoms with Gasteiger partial charge in [-0.1, -0.05) is 20.8 Å². The number of rotatable bonds is 2. The third-order valence-electron chi connectivity index (χ3n) is 5.37. The van der Waals surface area contributed by atoms with E-state index in [4.69, 9.17) is 0 Å². The minimum absolute atomic E-state index is 0.0747. The van der Waals surface area contributed by atoms with Crippen LogP contribution < -0.4 is 0 Å². The van der Waals surface area contributed by atoms with E-state index in [0.29, 0.717) is 16.9 Å². The fourth-order valence-electron chi connectivity index (χ4n) is 3.88. The maximum Gasteiger partial charge on any atom is 0.259 e. The Labute approximate surface area is 149 Å². The highest BCUT2D eigenvalue weighted by Gasteiger charge is 2.31. The standard InChI is InChI=1S/C19H29N5O/c1-14-16(17(22(5)21-14)24-12-7-10-20-24)18(25)23-11-6-8-15(9-13-23)19(2,3)4/h7,10,12,15H,6,8-9,11,13H2,1-5H3. The number of nitrogens with zero attached hydrogens (tertiary/aromatic N) is 5. The summed E-state index contributed by atoms with van der Waals surface area (Å²) in [6.45, 7) is 10.4. The van der Waals surface area contributed by atoms with Crippen LogP contribution in [0.2, 0.25) is 0 Å². The Hall–Kier alpha value is -2.11. The number of amides is 1. The summed E-state index contributed by atoms with van der Waals surface area (Å²) in [6, 6.07) is 1.86. The van der Waals surface area contributed by atoms with Crippen molar-refractivity contribution in [3.63, 3.8) is 0 Å². The zero-order chi connectivity index (χ0) is 18.2. The maximum atomic E-state index is 13.3. The smallest absolute Gasteiger partial charge is 0.259 e. The van der Waals surface area contributed by atoms with E-state index >= 15 is 0 Å². The van der Waals surface area contributed by atoms with Gasteiger partial charge in [0.05, 0.1) is 5.69 Å². The quantitative estimate of drug-likeness (QED) is 0.841. The van der Waals surface area contributed by atoms with Gasteiger partial charge >= 0.3 is 0 Å². The lowest BCUT2D eigenvalue weighted by molar-refractivity contribution is 0.0754. The normalized spacial score (nSPS) is 19.1. The van der Waals surface area contributed by atoms with E-state index in [1.54, 1.807) is 15.6 Å². The van der Waals surface area contributed by atoms with E-state index in [-0.39, 0.29) is 5.91 Å². The van der Waals surface area contributed by atoms with E-state index in [0.717, 1.165) is 37.4 Å². The zero-order valence-corrected chi connectivity index (χ0v) is 16.0. The fraction of sp³-hybridized carbons (Fsp3) is 0.632. The number of aryl methyl sites for hydroxylation is 2. The van der Waals surface area contributed by atoms with E-state index in [1.807, 2.05) is 31.1 Å². The second kappa shape index (κ2) is 6.65. The van der Waals surface area contributed by atoms with Crippen LogP contribution in [0.4, 0.5) is 0 Å². The lowest BCUT2D eigenvalue weighted by atomic mass is 9.77. The largest absolute Gasteiger partial charge is 0.338 e. The van der Waals surface area contributed by atoms with Crippen molar-refractivity contribution in [1.82, 2.24) is 24.5 Å². The molecule has 6 nitrogen and oxygen atoms in total. The molecule has 1 fully saturated rings. The van der Waals surface area contributed by atoms with Gasteiger partial charge in [0.15, 0.2) is 5.82 Å². The first kappa shape index (κ1) is 17.7. The molecule has 0 radical (unpaired) electrons. The summed E-state index contributed by atoms with van der Waals surface area (Å²) in [6.07, 6.45) is 6.88. The fourth-order valence-corrected chi connectivity index (χ4v) is 3.88. The summed E-state index contributed by atoms with van der Waals surface area (Å²) in [5.74, 6) is 1.47. The van der Waals surface area contributed by atoms with Gasteiger partial charge in [-0.3, -0.25) is 4.79 Å². The van der Waals surface area contributed by atoms with Crippen LogP contribution in [-0.2, 0) is 7.05 Å². The molecule has 1 atom stereocenters. The van der Waals surface area contributed by atoms with Crippen molar-refractivity contribution in [2.24, 2.45) is 18.4 Å². The predicted molar refractivity (Wildman–Crippen MR) is 97.8 cm³/mol. The summed E-state index contributed by atoms with van der Waals surface area (Å²) < 4.78 is 3.47. The highest BCUT2D eigenvalue weighted by atomic mass is 16.2. The summed E-state index contributed by atoms with van der Waals surface area (Å²) in [7, 11) is 1.86. The van der Waals surface area contributed by atoms with Gasteiger partial charge in [-0.15, -0.1) is 0 Å². The SMILES string of the molecule is Cc1nn(C)c(-n2cccn2)c1C(=O)N1CCCC(C(C)(C)C)CC1. The molecule has 136 valence electrons. The van der Waals surface area contributed by atoms with Gasteiger partial charge in [0.25, 0.3) is 5.91 Å². The molecule has 25 heavy (non-hydrogen) atoms. The van der Waals surface area contributed by atoms with Gasteiger partial charge in [-0.2, -0.15) is 10.2 Å². The molecule has 0 bridgehead atoms. The van der Waals surface area contributed by atoms with Crippen molar-refractivity contribution in [2.45, 2.75) is 47.0 Å². The van der Waals surface area contributed by atoms with Crippen molar-refractivity contribution in [3.8, 4) is 5.82 Å². The average Bonchev–Trinajstić information content (AvgIpc) is 3.04. The summed E-state index contributed by atoms with van der Waals surface area (Å²) >= 11 is 0. The van der Waals surface area contributed by atoms with E-state index in [9.17, 15) is 4.79 Å². The molecule has 2 aromatic heterocycles. The first-order valence-electron chi connectivity index (χ1n) is 9.12. The third-order valence-corrected chi connectivity index (χ3v) is 5.37. The summed E-state index contributed by atoms with van der Waals surface area (Å²) in [4.78, 5) is 15.3. The molecule has 6 heteroatoms. The molecule has 0 aromatic carbocycles. The molecular weight excluding hydrogens is 314 g/mol. The van der Waals surface area contributed by atoms with Gasteiger partial charge in [-0.05, 0) is 43.6 Å². The Morgan fingerprint density at radius 2 is 2.00 bits per heavy atom. The minimum atomic E-state index is 0.0747. The molecule has 0 N–H and O–H groups in total. The third kappa shape index (κ3) is 3.48. The van der Waals surface area contributed by atoms with Crippen LogP contribution in [0.3, 0.4) is 0 Å². The Balaban J connectivity index is 1.87. The van der Waals surface area contributed by atoms with Gasteiger partial charge in [0, 0.05) is 32.5 Å². The van der Waals surface area contributed by atoms with Crippen LogP contribution in [0.25, 0.3) is 5.82 Å². The second-order valence-corrected chi connectivity index (χ2v) is 8.14. The Morgan fingerprint density at radius 1 is 1.24 bits per heavy atom. The van der Waals surface area contributed by atoms with Crippen LogP contribution in [0.15, 0.2) is 18.5 Å². The van der Waals surface area contributed by atoms with Crippen LogP contribution in [0.1, 0.15) is 56.1 Å². The van der Waals surface area contributed by atoms with Crippen LogP contribution in [0, 0.1) is 18.3 Å². The van der Waals surface area contributed by atoms with Crippen molar-refractivity contribution in [1.29, 1.82) is 0 Å². The van der Waals surface area contributed by atoms with Gasteiger partial charge in [-0.25, -0.2) is 9.36 Å². The summed E-state index contributed by atoms with van der Waals surface area (Å²) in [5, 5.41) is 8.77. The number of hydrogen-bond acceptors (Lipinski definition) is 3. The molecule has 0 aliphatic carbocycles. The summed E-state index contributed by atoms with van der Waals surface area (Å²) in [5.41, 5.74) is 1.72. The molecular formula is C19H29N5O. The lowest BCUT2D eigenvalue weighted by Crippen LogP contribution is -2.33. The van der Waals surface area contributed by atoms with Gasteiger partial charge in [0.1, 0.15) is 5.56 Å². The molecule has 0 spiro atoms. The Bertz CT molecular complexity index is 739. The average molecular weight is 343 g/mol. The Kier molecular flexibility index (Phi) is 4.71. The molecule has 1 unspecified atom stereocenters. The topological polar surface area (TPSA) is 56.0 Å². The van der Waals surface area contributed by atoms with E-state index in [1.165, 1.54) is 6.42 Å². The number of likely N-dealkylation sites (tertiary alicyclic amines) is 1. The Morgan fingerprint density at radius 3 is 2.64 bits per heavy atom. The van der Waals surface area contributed by atoms with Crippen molar-refractivity contribution >= 4 is 5.91 Å². The number of aromatic nitrogens is 4. The highest BCUT2D eigenvalue weighted by molar-refractivity contribution is 5.98. The predicted octanol–water partition coefficient (Wildman–Crippen LogP) is 3.20. The molecule has 1 aliphatic heterocycles. The van der Waals surface area contributed by atoms with Crippen LogP contribution in [-0.4, -0.2) is 43.5 Å². The van der Waals surface area contributed by atoms with Gasteiger partial charge < -0.3 is 4.90 Å². The lowest BCUT2D eigenvalue weighted by Gasteiger charge is -2.29. The molecule has 0 saturated carbocycles. The highest BCUT2D eigenvalue weighted by Crippen LogP contribution is 2.34. The van der Waals surface area contributed by atoms with Gasteiger partial charge in [0.2, 0.25) is 0 Å². The first-order chi connectivity index (χ1) is 11.8. The van der Waals surface area contributed by atoms with Crippen LogP contribution >= 0.6 is 0 Å². The zero-order valence-electron chi connectivity index (χ0n) is 16.0. The van der Waals surface area contributed by atoms with E-state index in [2.05, 4.69) is 31.0 Å². The molecule has 3 rings (SSSR count). The first-order valence-corrected chi connectivity index (χ1v) is 9.12. The molecule has 2 aromatic rings. The molecule has 3 heterocycles.